The second-order valence-corrected chi connectivity index (χ2v) is 4.86. The van der Waals surface area contributed by atoms with Gasteiger partial charge < -0.3 is 15.7 Å². The zero-order valence-electron chi connectivity index (χ0n) is 10.7. The Morgan fingerprint density at radius 3 is 2.42 bits per heavy atom. The van der Waals surface area contributed by atoms with E-state index < -0.39 is 17.5 Å². The lowest BCUT2D eigenvalue weighted by atomic mass is 9.77. The topological polar surface area (TPSA) is 78.4 Å². The fourth-order valence-electron chi connectivity index (χ4n) is 2.15. The number of urea groups is 1. The number of rotatable bonds is 5. The molecule has 102 valence electrons. The molecular weight excluding hydrogens is 244 g/mol. The molecule has 1 aliphatic rings. The van der Waals surface area contributed by atoms with E-state index in [1.807, 2.05) is 30.3 Å². The van der Waals surface area contributed by atoms with Crippen LogP contribution >= 0.6 is 0 Å². The summed E-state index contributed by atoms with van der Waals surface area (Å²) < 4.78 is 0. The normalized spacial score (nSPS) is 16.2. The van der Waals surface area contributed by atoms with Crippen LogP contribution in [0.4, 0.5) is 4.79 Å². The van der Waals surface area contributed by atoms with E-state index >= 15 is 0 Å². The van der Waals surface area contributed by atoms with Crippen molar-refractivity contribution in [2.75, 3.05) is 6.54 Å². The molecule has 0 aromatic heterocycles. The number of carbonyl (C=O) groups is 2. The molecule has 19 heavy (non-hydrogen) atoms. The molecule has 2 amide bonds. The minimum atomic E-state index is -1.04. The predicted molar refractivity (Wildman–Crippen MR) is 70.9 cm³/mol. The average Bonchev–Trinajstić information content (AvgIpc) is 2.34. The summed E-state index contributed by atoms with van der Waals surface area (Å²) >= 11 is 0. The van der Waals surface area contributed by atoms with Gasteiger partial charge in [0.05, 0.1) is 0 Å². The standard InChI is InChI=1S/C14H18N2O3/c17-12(18)14(8-4-9-14)16-13(19)15-10-7-11-5-2-1-3-6-11/h1-3,5-6H,4,7-10H2,(H,17,18)(H2,15,16,19). The fraction of sp³-hybridized carbons (Fsp3) is 0.429. The highest BCUT2D eigenvalue weighted by Gasteiger charge is 2.45. The Hall–Kier alpha value is -2.04. The van der Waals surface area contributed by atoms with Crippen molar-refractivity contribution < 1.29 is 14.7 Å². The minimum Gasteiger partial charge on any atom is -0.480 e. The van der Waals surface area contributed by atoms with E-state index in [2.05, 4.69) is 10.6 Å². The number of benzene rings is 1. The number of nitrogens with one attached hydrogen (secondary N) is 2. The Morgan fingerprint density at radius 1 is 1.21 bits per heavy atom. The van der Waals surface area contributed by atoms with Gasteiger partial charge in [-0.15, -0.1) is 0 Å². The van der Waals surface area contributed by atoms with Gasteiger partial charge in [0.25, 0.3) is 0 Å². The van der Waals surface area contributed by atoms with Gasteiger partial charge in [-0.05, 0) is 31.2 Å². The minimum absolute atomic E-state index is 0.405. The van der Waals surface area contributed by atoms with Gasteiger partial charge in [0.2, 0.25) is 0 Å². The summed E-state index contributed by atoms with van der Waals surface area (Å²) in [6.07, 6.45) is 2.59. The first kappa shape index (κ1) is 13.4. The molecule has 1 saturated carbocycles. The highest BCUT2D eigenvalue weighted by Crippen LogP contribution is 2.31. The molecule has 0 spiro atoms. The highest BCUT2D eigenvalue weighted by molar-refractivity contribution is 5.87. The summed E-state index contributed by atoms with van der Waals surface area (Å²) in [5, 5.41) is 14.4. The van der Waals surface area contributed by atoms with Crippen molar-refractivity contribution in [3.8, 4) is 0 Å². The van der Waals surface area contributed by atoms with Crippen LogP contribution in [0, 0.1) is 0 Å². The van der Waals surface area contributed by atoms with Gasteiger partial charge >= 0.3 is 12.0 Å². The first-order chi connectivity index (χ1) is 9.12. The molecule has 0 unspecified atom stereocenters. The highest BCUT2D eigenvalue weighted by atomic mass is 16.4. The molecule has 3 N–H and O–H groups in total. The molecule has 1 aromatic carbocycles. The van der Waals surface area contributed by atoms with Crippen LogP contribution < -0.4 is 10.6 Å². The molecule has 1 fully saturated rings. The van der Waals surface area contributed by atoms with Gasteiger partial charge in [-0.1, -0.05) is 30.3 Å². The van der Waals surface area contributed by atoms with Crippen molar-refractivity contribution in [1.29, 1.82) is 0 Å². The maximum Gasteiger partial charge on any atom is 0.329 e. The third kappa shape index (κ3) is 3.24. The molecule has 0 atom stereocenters. The van der Waals surface area contributed by atoms with Crippen molar-refractivity contribution in [3.05, 3.63) is 35.9 Å². The van der Waals surface area contributed by atoms with Crippen LogP contribution in [0.5, 0.6) is 0 Å². The van der Waals surface area contributed by atoms with Crippen molar-refractivity contribution in [1.82, 2.24) is 10.6 Å². The first-order valence-corrected chi connectivity index (χ1v) is 6.46. The van der Waals surface area contributed by atoms with E-state index in [1.165, 1.54) is 0 Å². The molecular formula is C14H18N2O3. The Bertz CT molecular complexity index is 455. The van der Waals surface area contributed by atoms with Crippen molar-refractivity contribution >= 4 is 12.0 Å². The van der Waals surface area contributed by atoms with Gasteiger partial charge in [-0.3, -0.25) is 0 Å². The molecule has 1 aromatic rings. The SMILES string of the molecule is O=C(NCCc1ccccc1)NC1(C(=O)O)CCC1. The Kier molecular flexibility index (Phi) is 4.04. The van der Waals surface area contributed by atoms with Gasteiger partial charge in [-0.25, -0.2) is 9.59 Å². The first-order valence-electron chi connectivity index (χ1n) is 6.46. The third-order valence-electron chi connectivity index (χ3n) is 3.51. The van der Waals surface area contributed by atoms with Crippen LogP contribution in [0.2, 0.25) is 0 Å². The molecule has 0 saturated heterocycles. The predicted octanol–water partition coefficient (Wildman–Crippen LogP) is 1.54. The maximum absolute atomic E-state index is 11.7. The Labute approximate surface area is 112 Å². The maximum atomic E-state index is 11.7. The largest absolute Gasteiger partial charge is 0.480 e. The van der Waals surface area contributed by atoms with E-state index in [0.29, 0.717) is 19.4 Å². The number of carboxylic acids is 1. The van der Waals surface area contributed by atoms with Crippen LogP contribution in [0.15, 0.2) is 30.3 Å². The lowest BCUT2D eigenvalue weighted by molar-refractivity contribution is -0.148. The molecule has 0 bridgehead atoms. The molecule has 1 aliphatic carbocycles. The summed E-state index contributed by atoms with van der Waals surface area (Å²) in [4.78, 5) is 22.8. The smallest absolute Gasteiger partial charge is 0.329 e. The van der Waals surface area contributed by atoms with Crippen LogP contribution in [-0.2, 0) is 11.2 Å². The molecule has 0 heterocycles. The zero-order chi connectivity index (χ0) is 13.7. The second-order valence-electron chi connectivity index (χ2n) is 4.86. The van der Waals surface area contributed by atoms with Crippen molar-refractivity contribution in [2.45, 2.75) is 31.2 Å². The van der Waals surface area contributed by atoms with Gasteiger partial charge in [0.15, 0.2) is 0 Å². The molecule has 5 nitrogen and oxygen atoms in total. The number of carbonyl (C=O) groups excluding carboxylic acids is 1. The van der Waals surface area contributed by atoms with Gasteiger partial charge in [0.1, 0.15) is 5.54 Å². The summed E-state index contributed by atoms with van der Waals surface area (Å²) in [6, 6.07) is 9.41. The van der Waals surface area contributed by atoms with E-state index in [0.717, 1.165) is 18.4 Å². The zero-order valence-corrected chi connectivity index (χ0v) is 10.7. The molecule has 0 aliphatic heterocycles. The van der Waals surface area contributed by atoms with Crippen LogP contribution in [0.25, 0.3) is 0 Å². The van der Waals surface area contributed by atoms with Gasteiger partial charge in [-0.2, -0.15) is 0 Å². The van der Waals surface area contributed by atoms with E-state index in [1.54, 1.807) is 0 Å². The number of hydrogen-bond acceptors (Lipinski definition) is 2. The monoisotopic (exact) mass is 262 g/mol. The van der Waals surface area contributed by atoms with E-state index in [-0.39, 0.29) is 0 Å². The lowest BCUT2D eigenvalue weighted by Crippen LogP contribution is -2.61. The number of hydrogen-bond donors (Lipinski definition) is 3. The van der Waals surface area contributed by atoms with Crippen molar-refractivity contribution in [3.63, 3.8) is 0 Å². The molecule has 2 rings (SSSR count). The lowest BCUT2D eigenvalue weighted by Gasteiger charge is -2.38. The molecule has 5 heteroatoms. The van der Waals surface area contributed by atoms with Gasteiger partial charge in [0, 0.05) is 6.54 Å². The summed E-state index contributed by atoms with van der Waals surface area (Å²) in [5.74, 6) is -0.947. The van der Waals surface area contributed by atoms with Crippen LogP contribution in [0.1, 0.15) is 24.8 Å². The molecule has 0 radical (unpaired) electrons. The number of aliphatic carboxylic acids is 1. The van der Waals surface area contributed by atoms with E-state index in [4.69, 9.17) is 5.11 Å². The van der Waals surface area contributed by atoms with Crippen molar-refractivity contribution in [2.24, 2.45) is 0 Å². The third-order valence-corrected chi connectivity index (χ3v) is 3.51. The van der Waals surface area contributed by atoms with Crippen LogP contribution in [0.3, 0.4) is 0 Å². The second kappa shape index (κ2) is 5.73. The fourth-order valence-corrected chi connectivity index (χ4v) is 2.15. The van der Waals surface area contributed by atoms with E-state index in [9.17, 15) is 9.59 Å². The Morgan fingerprint density at radius 2 is 1.89 bits per heavy atom. The summed E-state index contributed by atoms with van der Waals surface area (Å²) in [6.45, 7) is 0.492. The average molecular weight is 262 g/mol. The Balaban J connectivity index is 1.74. The number of carboxylic acid groups (broad SMARTS) is 1. The summed E-state index contributed by atoms with van der Waals surface area (Å²) in [7, 11) is 0. The number of amides is 2. The quantitative estimate of drug-likeness (QED) is 0.753. The summed E-state index contributed by atoms with van der Waals surface area (Å²) in [5.41, 5.74) is 0.0935. The van der Waals surface area contributed by atoms with Crippen LogP contribution in [-0.4, -0.2) is 29.2 Å².